The number of ether oxygens (including phenoxy) is 2. The zero-order chi connectivity index (χ0) is 23.8. The van der Waals surface area contributed by atoms with Gasteiger partial charge in [-0.05, 0) is 53.6 Å². The summed E-state index contributed by atoms with van der Waals surface area (Å²) in [4.78, 5) is 25.0. The molecule has 0 radical (unpaired) electrons. The molecule has 34 heavy (non-hydrogen) atoms. The lowest BCUT2D eigenvalue weighted by Gasteiger charge is -2.11. The maximum Gasteiger partial charge on any atom is 0.343 e. The average Bonchev–Trinajstić information content (AvgIpc) is 2.86. The molecule has 4 rings (SSSR count). The lowest BCUT2D eigenvalue weighted by Crippen LogP contribution is -2.19. The summed E-state index contributed by atoms with van der Waals surface area (Å²) in [5.41, 5.74) is 4.44. The first kappa shape index (κ1) is 22.7. The van der Waals surface area contributed by atoms with Gasteiger partial charge in [-0.3, -0.25) is 4.79 Å². The molecule has 0 saturated carbocycles. The molecule has 0 heterocycles. The van der Waals surface area contributed by atoms with Crippen molar-refractivity contribution in [1.82, 2.24) is 5.43 Å². The molecular weight excluding hydrogens is 428 g/mol. The average molecular weight is 453 g/mol. The number of nitrogens with one attached hydrogen (secondary N) is 1. The van der Waals surface area contributed by atoms with Gasteiger partial charge in [0.1, 0.15) is 11.5 Å². The summed E-state index contributed by atoms with van der Waals surface area (Å²) in [6, 6.07) is 27.5. The lowest BCUT2D eigenvalue weighted by atomic mass is 10.0. The van der Waals surface area contributed by atoms with Crippen LogP contribution in [0.1, 0.15) is 28.4 Å². The first-order valence-corrected chi connectivity index (χ1v) is 11.0. The summed E-state index contributed by atoms with van der Waals surface area (Å²) in [6.45, 7) is 2.44. The lowest BCUT2D eigenvalue weighted by molar-refractivity contribution is -0.120. The van der Waals surface area contributed by atoms with Crippen LogP contribution < -0.4 is 14.9 Å². The quantitative estimate of drug-likeness (QED) is 0.174. The van der Waals surface area contributed by atoms with Crippen LogP contribution in [0.4, 0.5) is 0 Å². The first-order valence-electron chi connectivity index (χ1n) is 11.0. The van der Waals surface area contributed by atoms with Crippen LogP contribution >= 0.6 is 0 Å². The van der Waals surface area contributed by atoms with E-state index >= 15 is 0 Å². The molecule has 1 N–H and O–H groups in total. The van der Waals surface area contributed by atoms with E-state index in [1.54, 1.807) is 30.3 Å². The molecule has 0 aliphatic carbocycles. The number of amides is 1. The normalized spacial score (nSPS) is 10.9. The van der Waals surface area contributed by atoms with Crippen LogP contribution in [0.2, 0.25) is 0 Å². The van der Waals surface area contributed by atoms with E-state index in [0.717, 1.165) is 16.3 Å². The highest BCUT2D eigenvalue weighted by Gasteiger charge is 2.14. The smallest absolute Gasteiger partial charge is 0.343 e. The number of carbonyl (C=O) groups excluding carboxylic acids is 2. The zero-order valence-electron chi connectivity index (χ0n) is 18.7. The summed E-state index contributed by atoms with van der Waals surface area (Å²) in [5, 5.41) is 5.93. The van der Waals surface area contributed by atoms with Gasteiger partial charge in [0.15, 0.2) is 0 Å². The van der Waals surface area contributed by atoms with Crippen molar-refractivity contribution in [3.63, 3.8) is 0 Å². The molecule has 0 fully saturated rings. The van der Waals surface area contributed by atoms with Crippen molar-refractivity contribution in [2.45, 2.75) is 13.3 Å². The van der Waals surface area contributed by atoms with Crippen molar-refractivity contribution in [2.75, 3.05) is 6.61 Å². The van der Waals surface area contributed by atoms with Crippen LogP contribution in [0, 0.1) is 0 Å². The van der Waals surface area contributed by atoms with E-state index < -0.39 is 5.97 Å². The second-order valence-corrected chi connectivity index (χ2v) is 7.50. The minimum absolute atomic E-state index is 0.216. The van der Waals surface area contributed by atoms with Gasteiger partial charge in [-0.1, -0.05) is 60.7 Å². The van der Waals surface area contributed by atoms with E-state index in [2.05, 4.69) is 10.5 Å². The Labute approximate surface area is 197 Å². The van der Waals surface area contributed by atoms with Crippen LogP contribution in [0.3, 0.4) is 0 Å². The van der Waals surface area contributed by atoms with E-state index in [0.29, 0.717) is 29.2 Å². The minimum Gasteiger partial charge on any atom is -0.494 e. The van der Waals surface area contributed by atoms with E-state index in [1.165, 1.54) is 6.21 Å². The molecule has 6 nitrogen and oxygen atoms in total. The number of benzene rings is 4. The van der Waals surface area contributed by atoms with E-state index in [9.17, 15) is 9.59 Å². The number of hydrazone groups is 1. The molecule has 0 bridgehead atoms. The first-order chi connectivity index (χ1) is 16.6. The highest BCUT2D eigenvalue weighted by molar-refractivity contribution is 6.04. The second-order valence-electron chi connectivity index (χ2n) is 7.50. The maximum atomic E-state index is 12.8. The molecule has 0 aliphatic heterocycles. The van der Waals surface area contributed by atoms with Crippen molar-refractivity contribution >= 4 is 28.9 Å². The van der Waals surface area contributed by atoms with Gasteiger partial charge in [-0.15, -0.1) is 0 Å². The Morgan fingerprint density at radius 3 is 2.38 bits per heavy atom. The molecule has 1 amide bonds. The molecule has 6 heteroatoms. The minimum atomic E-state index is -0.499. The molecule has 0 aliphatic rings. The van der Waals surface area contributed by atoms with Crippen LogP contribution in [0.25, 0.3) is 10.8 Å². The third kappa shape index (κ3) is 5.66. The van der Waals surface area contributed by atoms with E-state index in [1.807, 2.05) is 67.6 Å². The van der Waals surface area contributed by atoms with Gasteiger partial charge >= 0.3 is 5.97 Å². The predicted molar refractivity (Wildman–Crippen MR) is 132 cm³/mol. The Kier molecular flexibility index (Phi) is 7.30. The van der Waals surface area contributed by atoms with Gasteiger partial charge < -0.3 is 9.47 Å². The molecule has 0 aromatic heterocycles. The van der Waals surface area contributed by atoms with Gasteiger partial charge in [-0.2, -0.15) is 5.10 Å². The maximum absolute atomic E-state index is 12.8. The monoisotopic (exact) mass is 452 g/mol. The van der Waals surface area contributed by atoms with Crippen LogP contribution in [-0.4, -0.2) is 24.7 Å². The number of nitrogens with zero attached hydrogens (tertiary/aromatic N) is 1. The topological polar surface area (TPSA) is 77.0 Å². The molecule has 0 atom stereocenters. The standard InChI is InChI=1S/C28H24N2O4/c1-2-33-23-15-12-22(13-16-23)28(32)34-26-17-14-21-10-6-7-11-24(21)25(26)19-29-30-27(31)18-20-8-4-3-5-9-20/h3-17,19H,2,18H2,1H3,(H,30,31)/b29-19-. The number of rotatable bonds is 8. The highest BCUT2D eigenvalue weighted by atomic mass is 16.5. The van der Waals surface area contributed by atoms with Gasteiger partial charge in [0.05, 0.1) is 24.8 Å². The Balaban J connectivity index is 1.54. The number of hydrogen-bond acceptors (Lipinski definition) is 5. The molecule has 0 spiro atoms. The molecule has 4 aromatic rings. The van der Waals surface area contributed by atoms with Crippen molar-refractivity contribution in [1.29, 1.82) is 0 Å². The summed E-state index contributed by atoms with van der Waals surface area (Å²) < 4.78 is 11.1. The summed E-state index contributed by atoms with van der Waals surface area (Å²) in [7, 11) is 0. The van der Waals surface area contributed by atoms with Gasteiger partial charge in [-0.25, -0.2) is 10.2 Å². The van der Waals surface area contributed by atoms with Crippen molar-refractivity contribution < 1.29 is 19.1 Å². The fraction of sp³-hybridized carbons (Fsp3) is 0.107. The Bertz CT molecular complexity index is 1320. The van der Waals surface area contributed by atoms with Crippen molar-refractivity contribution in [3.8, 4) is 11.5 Å². The summed E-state index contributed by atoms with van der Waals surface area (Å²) in [6.07, 6.45) is 1.72. The van der Waals surface area contributed by atoms with Gasteiger partial charge in [0.2, 0.25) is 5.91 Å². The third-order valence-corrected chi connectivity index (χ3v) is 5.12. The van der Waals surface area contributed by atoms with Gasteiger partial charge in [0, 0.05) is 5.56 Å². The molecule has 0 saturated heterocycles. The molecular formula is C28H24N2O4. The highest BCUT2D eigenvalue weighted by Crippen LogP contribution is 2.27. The number of esters is 1. The van der Waals surface area contributed by atoms with Crippen LogP contribution in [0.5, 0.6) is 11.5 Å². The predicted octanol–water partition coefficient (Wildman–Crippen LogP) is 5.15. The van der Waals surface area contributed by atoms with E-state index in [4.69, 9.17) is 9.47 Å². The number of hydrogen-bond donors (Lipinski definition) is 1. The Morgan fingerprint density at radius 2 is 1.62 bits per heavy atom. The van der Waals surface area contributed by atoms with E-state index in [-0.39, 0.29) is 12.3 Å². The van der Waals surface area contributed by atoms with Crippen LogP contribution in [-0.2, 0) is 11.2 Å². The largest absolute Gasteiger partial charge is 0.494 e. The number of carbonyl (C=O) groups is 2. The fourth-order valence-electron chi connectivity index (χ4n) is 3.50. The number of fused-ring (bicyclic) bond motifs is 1. The van der Waals surface area contributed by atoms with Gasteiger partial charge in [0.25, 0.3) is 0 Å². The second kappa shape index (κ2) is 10.9. The Morgan fingerprint density at radius 1 is 0.882 bits per heavy atom. The summed E-state index contributed by atoms with van der Waals surface area (Å²) >= 11 is 0. The molecule has 170 valence electrons. The molecule has 0 unspecified atom stereocenters. The zero-order valence-corrected chi connectivity index (χ0v) is 18.7. The van der Waals surface area contributed by atoms with Crippen LogP contribution in [0.15, 0.2) is 96.1 Å². The SMILES string of the molecule is CCOc1ccc(C(=O)Oc2ccc3ccccc3c2/C=N\NC(=O)Cc2ccccc2)cc1. The van der Waals surface area contributed by atoms with Crippen molar-refractivity contribution in [2.24, 2.45) is 5.10 Å². The van der Waals surface area contributed by atoms with Crippen molar-refractivity contribution in [3.05, 3.63) is 108 Å². The molecule has 4 aromatic carbocycles. The Hall–Kier alpha value is -4.45. The third-order valence-electron chi connectivity index (χ3n) is 5.12. The fourth-order valence-corrected chi connectivity index (χ4v) is 3.50. The summed E-state index contributed by atoms with van der Waals surface area (Å²) in [5.74, 6) is 0.291.